The van der Waals surface area contributed by atoms with Crippen molar-refractivity contribution in [3.63, 3.8) is 0 Å². The van der Waals surface area contributed by atoms with Gasteiger partial charge in [-0.1, -0.05) is 31.8 Å². The number of thioether (sulfide) groups is 1. The van der Waals surface area contributed by atoms with Crippen LogP contribution in [0.25, 0.3) is 0 Å². The Morgan fingerprint density at radius 2 is 2.24 bits per heavy atom. The molecule has 0 amide bonds. The summed E-state index contributed by atoms with van der Waals surface area (Å²) in [6, 6.07) is 7.62. The highest BCUT2D eigenvalue weighted by atomic mass is 32.2. The van der Waals surface area contributed by atoms with Gasteiger partial charge in [-0.3, -0.25) is 0 Å². The van der Waals surface area contributed by atoms with E-state index in [0.717, 1.165) is 17.1 Å². The highest BCUT2D eigenvalue weighted by Crippen LogP contribution is 2.14. The molecule has 0 fully saturated rings. The molecule has 0 radical (unpaired) electrons. The van der Waals surface area contributed by atoms with E-state index < -0.39 is 0 Å². The average molecular weight is 250 g/mol. The Balaban J connectivity index is 2.43. The molecule has 0 spiro atoms. The van der Waals surface area contributed by atoms with Crippen molar-refractivity contribution in [2.24, 2.45) is 0 Å². The molecule has 0 bridgehead atoms. The monoisotopic (exact) mass is 250 g/mol. The summed E-state index contributed by atoms with van der Waals surface area (Å²) in [5.41, 5.74) is 0.869. The molecular weight excluding hydrogens is 232 g/mol. The minimum atomic E-state index is -0.115. The molecule has 0 aliphatic heterocycles. The summed E-state index contributed by atoms with van der Waals surface area (Å²) in [6.07, 6.45) is 0. The van der Waals surface area contributed by atoms with E-state index in [4.69, 9.17) is 9.84 Å². The van der Waals surface area contributed by atoms with Crippen molar-refractivity contribution in [3.8, 4) is 17.6 Å². The zero-order valence-electron chi connectivity index (χ0n) is 10.3. The highest BCUT2D eigenvalue weighted by molar-refractivity contribution is 7.99. The number of hydrogen-bond acceptors (Lipinski definition) is 3. The van der Waals surface area contributed by atoms with Gasteiger partial charge in [-0.25, -0.2) is 0 Å². The predicted octanol–water partition coefficient (Wildman–Crippen LogP) is 2.55. The summed E-state index contributed by atoms with van der Waals surface area (Å²) in [6.45, 7) is 4.95. The van der Waals surface area contributed by atoms with Crippen LogP contribution >= 0.6 is 11.8 Å². The van der Waals surface area contributed by atoms with Crippen LogP contribution in [0.1, 0.15) is 19.4 Å². The maximum Gasteiger partial charge on any atom is 0.120 e. The summed E-state index contributed by atoms with van der Waals surface area (Å²) in [5, 5.41) is 9.25. The lowest BCUT2D eigenvalue weighted by Gasteiger charge is -2.07. The Labute approximate surface area is 107 Å². The molecule has 3 heteroatoms. The van der Waals surface area contributed by atoms with E-state index in [1.54, 1.807) is 0 Å². The highest BCUT2D eigenvalue weighted by Gasteiger charge is 1.97. The van der Waals surface area contributed by atoms with Gasteiger partial charge in [-0.15, -0.1) is 0 Å². The van der Waals surface area contributed by atoms with Crippen molar-refractivity contribution >= 4 is 11.8 Å². The summed E-state index contributed by atoms with van der Waals surface area (Å²) >= 11 is 1.88. The first-order chi connectivity index (χ1) is 8.22. The molecule has 0 saturated carbocycles. The molecule has 2 nitrogen and oxygen atoms in total. The second kappa shape index (κ2) is 8.05. The number of aliphatic hydroxyl groups is 1. The van der Waals surface area contributed by atoms with Crippen molar-refractivity contribution in [3.05, 3.63) is 29.8 Å². The van der Waals surface area contributed by atoms with Crippen molar-refractivity contribution in [2.75, 3.05) is 19.0 Å². The molecule has 1 rings (SSSR count). The standard InChI is InChI=1S/C14H18O2S/c1-12(2)17-10-9-16-14-7-3-5-13(11-14)6-4-8-15/h3,5,7,11-12,15H,8-10H2,1-2H3. The van der Waals surface area contributed by atoms with E-state index in [2.05, 4.69) is 25.7 Å². The van der Waals surface area contributed by atoms with Crippen molar-refractivity contribution < 1.29 is 9.84 Å². The minimum Gasteiger partial charge on any atom is -0.493 e. The Morgan fingerprint density at radius 1 is 1.41 bits per heavy atom. The third-order valence-electron chi connectivity index (χ3n) is 1.95. The fourth-order valence-electron chi connectivity index (χ4n) is 1.25. The van der Waals surface area contributed by atoms with Crippen LogP contribution in [-0.4, -0.2) is 29.3 Å². The third kappa shape index (κ3) is 6.25. The van der Waals surface area contributed by atoms with Crippen LogP contribution in [0.3, 0.4) is 0 Å². The van der Waals surface area contributed by atoms with Gasteiger partial charge in [0.25, 0.3) is 0 Å². The van der Waals surface area contributed by atoms with Gasteiger partial charge in [0.1, 0.15) is 12.4 Å². The Kier molecular flexibility index (Phi) is 6.61. The molecule has 1 N–H and O–H groups in total. The zero-order valence-corrected chi connectivity index (χ0v) is 11.1. The van der Waals surface area contributed by atoms with Crippen LogP contribution < -0.4 is 4.74 Å². The molecule has 0 saturated heterocycles. The van der Waals surface area contributed by atoms with Gasteiger partial charge >= 0.3 is 0 Å². The average Bonchev–Trinajstić information content (AvgIpc) is 2.32. The first-order valence-electron chi connectivity index (χ1n) is 5.66. The molecule has 0 atom stereocenters. The molecule has 92 valence electrons. The normalized spacial score (nSPS) is 9.88. The number of aliphatic hydroxyl groups excluding tert-OH is 1. The van der Waals surface area contributed by atoms with Gasteiger partial charge < -0.3 is 9.84 Å². The number of hydrogen-bond donors (Lipinski definition) is 1. The molecular formula is C14H18O2S. The number of rotatable bonds is 5. The van der Waals surface area contributed by atoms with Crippen LogP contribution in [-0.2, 0) is 0 Å². The zero-order chi connectivity index (χ0) is 12.5. The molecule has 17 heavy (non-hydrogen) atoms. The van der Waals surface area contributed by atoms with E-state index in [0.29, 0.717) is 11.9 Å². The summed E-state index contributed by atoms with van der Waals surface area (Å²) in [4.78, 5) is 0. The van der Waals surface area contributed by atoms with E-state index in [9.17, 15) is 0 Å². The molecule has 1 aromatic rings. The fraction of sp³-hybridized carbons (Fsp3) is 0.429. The van der Waals surface area contributed by atoms with Gasteiger partial charge in [0.15, 0.2) is 0 Å². The molecule has 0 unspecified atom stereocenters. The quantitative estimate of drug-likeness (QED) is 0.643. The third-order valence-corrected chi connectivity index (χ3v) is 3.02. The van der Waals surface area contributed by atoms with E-state index >= 15 is 0 Å². The lowest BCUT2D eigenvalue weighted by atomic mass is 10.2. The van der Waals surface area contributed by atoms with Crippen LogP contribution in [0, 0.1) is 11.8 Å². The lowest BCUT2D eigenvalue weighted by Crippen LogP contribution is -2.02. The first kappa shape index (κ1) is 14.0. The van der Waals surface area contributed by atoms with Gasteiger partial charge in [-0.05, 0) is 23.4 Å². The van der Waals surface area contributed by atoms with Crippen LogP contribution in [0.15, 0.2) is 24.3 Å². The molecule has 0 aliphatic rings. The van der Waals surface area contributed by atoms with E-state index in [1.807, 2.05) is 36.0 Å². The molecule has 0 aromatic heterocycles. The topological polar surface area (TPSA) is 29.5 Å². The van der Waals surface area contributed by atoms with Gasteiger partial charge in [-0.2, -0.15) is 11.8 Å². The fourth-order valence-corrected chi connectivity index (χ4v) is 1.90. The van der Waals surface area contributed by atoms with Crippen LogP contribution in [0.5, 0.6) is 5.75 Å². The van der Waals surface area contributed by atoms with Gasteiger partial charge in [0.05, 0.1) is 6.61 Å². The van der Waals surface area contributed by atoms with Crippen LogP contribution in [0.2, 0.25) is 0 Å². The molecule has 1 aromatic carbocycles. The smallest absolute Gasteiger partial charge is 0.120 e. The van der Waals surface area contributed by atoms with Crippen LogP contribution in [0.4, 0.5) is 0 Å². The number of ether oxygens (including phenoxy) is 1. The Morgan fingerprint density at radius 3 is 2.94 bits per heavy atom. The van der Waals surface area contributed by atoms with Crippen molar-refractivity contribution in [1.82, 2.24) is 0 Å². The summed E-state index contributed by atoms with van der Waals surface area (Å²) in [5.74, 6) is 7.30. The predicted molar refractivity (Wildman–Crippen MR) is 73.5 cm³/mol. The first-order valence-corrected chi connectivity index (χ1v) is 6.71. The van der Waals surface area contributed by atoms with E-state index in [1.165, 1.54) is 0 Å². The summed E-state index contributed by atoms with van der Waals surface area (Å²) in [7, 11) is 0. The SMILES string of the molecule is CC(C)SCCOc1cccc(C#CCO)c1. The van der Waals surface area contributed by atoms with Crippen molar-refractivity contribution in [1.29, 1.82) is 0 Å². The minimum absolute atomic E-state index is 0.115. The molecule has 0 heterocycles. The maximum atomic E-state index is 8.61. The Hall–Kier alpha value is -1.11. The second-order valence-electron chi connectivity index (χ2n) is 3.76. The lowest BCUT2D eigenvalue weighted by molar-refractivity contribution is 0.343. The molecule has 0 aliphatic carbocycles. The van der Waals surface area contributed by atoms with Gasteiger partial charge in [0.2, 0.25) is 0 Å². The van der Waals surface area contributed by atoms with E-state index in [-0.39, 0.29) is 6.61 Å². The maximum absolute atomic E-state index is 8.61. The van der Waals surface area contributed by atoms with Gasteiger partial charge in [0, 0.05) is 11.3 Å². The second-order valence-corrected chi connectivity index (χ2v) is 5.44. The summed E-state index contributed by atoms with van der Waals surface area (Å²) < 4.78 is 5.63. The largest absolute Gasteiger partial charge is 0.493 e. The number of benzene rings is 1. The Bertz CT molecular complexity index is 391. The van der Waals surface area contributed by atoms with Crippen molar-refractivity contribution in [2.45, 2.75) is 19.1 Å².